The van der Waals surface area contributed by atoms with Crippen LogP contribution < -0.4 is 10.1 Å². The van der Waals surface area contributed by atoms with Crippen molar-refractivity contribution in [3.8, 4) is 5.75 Å². The van der Waals surface area contributed by atoms with Gasteiger partial charge in [0.15, 0.2) is 0 Å². The first-order valence-corrected chi connectivity index (χ1v) is 8.44. The van der Waals surface area contributed by atoms with E-state index in [0.29, 0.717) is 22.6 Å². The van der Waals surface area contributed by atoms with E-state index in [9.17, 15) is 5.11 Å². The molecule has 3 rings (SSSR count). The number of rotatable bonds is 3. The van der Waals surface area contributed by atoms with Crippen LogP contribution in [0.1, 0.15) is 43.7 Å². The van der Waals surface area contributed by atoms with Crippen molar-refractivity contribution < 1.29 is 9.84 Å². The number of ether oxygens (including phenoxy) is 1. The zero-order valence-electron chi connectivity index (χ0n) is 11.9. The molecule has 1 fully saturated rings. The molecule has 2 N–H and O–H groups in total. The minimum absolute atomic E-state index is 0.173. The Labute approximate surface area is 135 Å². The lowest BCUT2D eigenvalue weighted by Crippen LogP contribution is -2.37. The van der Waals surface area contributed by atoms with Crippen LogP contribution in [0.5, 0.6) is 5.75 Å². The molecule has 1 saturated carbocycles. The van der Waals surface area contributed by atoms with Crippen LogP contribution >= 0.6 is 23.2 Å². The van der Waals surface area contributed by atoms with Crippen molar-refractivity contribution in [2.24, 2.45) is 5.92 Å². The van der Waals surface area contributed by atoms with Crippen LogP contribution in [0.15, 0.2) is 12.1 Å². The summed E-state index contributed by atoms with van der Waals surface area (Å²) in [4.78, 5) is 0. The minimum atomic E-state index is -0.173. The first-order chi connectivity index (χ1) is 10.1. The van der Waals surface area contributed by atoms with Crippen molar-refractivity contribution in [2.75, 3.05) is 13.2 Å². The molecule has 0 spiro atoms. The van der Waals surface area contributed by atoms with Gasteiger partial charge in [0.25, 0.3) is 0 Å². The molecular formula is C16H21Cl2NO2. The second-order valence-electron chi connectivity index (χ2n) is 6.02. The van der Waals surface area contributed by atoms with Crippen LogP contribution in [0.4, 0.5) is 0 Å². The fourth-order valence-electron chi connectivity index (χ4n) is 3.36. The summed E-state index contributed by atoms with van der Waals surface area (Å²) in [6.07, 6.45) is 5.10. The van der Waals surface area contributed by atoms with E-state index in [1.807, 2.05) is 6.07 Å². The summed E-state index contributed by atoms with van der Waals surface area (Å²) >= 11 is 12.3. The zero-order chi connectivity index (χ0) is 14.8. The predicted molar refractivity (Wildman–Crippen MR) is 85.3 cm³/mol. The second kappa shape index (κ2) is 6.74. The number of fused-ring (bicyclic) bond motifs is 1. The zero-order valence-corrected chi connectivity index (χ0v) is 13.5. The van der Waals surface area contributed by atoms with Crippen molar-refractivity contribution in [3.05, 3.63) is 27.7 Å². The van der Waals surface area contributed by atoms with Crippen LogP contribution in [0.25, 0.3) is 0 Å². The molecular weight excluding hydrogens is 309 g/mol. The molecule has 3 unspecified atom stereocenters. The summed E-state index contributed by atoms with van der Waals surface area (Å²) in [5, 5.41) is 14.9. The maximum atomic E-state index is 10.1. The molecule has 1 aromatic rings. The van der Waals surface area contributed by atoms with E-state index in [0.717, 1.165) is 43.5 Å². The maximum absolute atomic E-state index is 10.1. The molecule has 0 bridgehead atoms. The molecule has 0 saturated heterocycles. The van der Waals surface area contributed by atoms with Gasteiger partial charge < -0.3 is 15.2 Å². The largest absolute Gasteiger partial charge is 0.492 e. The van der Waals surface area contributed by atoms with E-state index in [1.54, 1.807) is 6.07 Å². The number of hydrogen-bond acceptors (Lipinski definition) is 3. The maximum Gasteiger partial charge on any atom is 0.142 e. The summed E-state index contributed by atoms with van der Waals surface area (Å²) in [6, 6.07) is 3.84. The molecule has 0 amide bonds. The van der Waals surface area contributed by atoms with Crippen LogP contribution in [-0.2, 0) is 0 Å². The summed E-state index contributed by atoms with van der Waals surface area (Å²) in [7, 11) is 0. The van der Waals surface area contributed by atoms with E-state index in [-0.39, 0.29) is 12.1 Å². The smallest absolute Gasteiger partial charge is 0.142 e. The Morgan fingerprint density at radius 3 is 2.81 bits per heavy atom. The SMILES string of the molecule is OC1CCCCC1CNC1CCOc2c(Cl)cc(Cl)cc21. The highest BCUT2D eigenvalue weighted by atomic mass is 35.5. The highest BCUT2D eigenvalue weighted by Crippen LogP contribution is 2.40. The average Bonchev–Trinajstić information content (AvgIpc) is 2.46. The Hall–Kier alpha value is -0.480. The van der Waals surface area contributed by atoms with Gasteiger partial charge in [-0.25, -0.2) is 0 Å². The van der Waals surface area contributed by atoms with E-state index < -0.39 is 0 Å². The number of aliphatic hydroxyl groups is 1. The third-order valence-corrected chi connectivity index (χ3v) is 5.06. The molecule has 116 valence electrons. The summed E-state index contributed by atoms with van der Waals surface area (Å²) in [5.41, 5.74) is 1.03. The Bertz CT molecular complexity index is 509. The molecule has 1 aromatic carbocycles. The molecule has 0 aromatic heterocycles. The third kappa shape index (κ3) is 3.48. The van der Waals surface area contributed by atoms with E-state index in [2.05, 4.69) is 5.32 Å². The molecule has 3 nitrogen and oxygen atoms in total. The summed E-state index contributed by atoms with van der Waals surface area (Å²) in [6.45, 7) is 1.48. The van der Waals surface area contributed by atoms with Gasteiger partial charge in [0, 0.05) is 29.6 Å². The number of halogens is 2. The number of benzene rings is 1. The first kappa shape index (κ1) is 15.4. The fraction of sp³-hybridized carbons (Fsp3) is 0.625. The van der Waals surface area contributed by atoms with Crippen molar-refractivity contribution in [1.29, 1.82) is 0 Å². The van der Waals surface area contributed by atoms with Crippen molar-refractivity contribution in [3.63, 3.8) is 0 Å². The molecule has 3 atom stereocenters. The number of hydrogen-bond donors (Lipinski definition) is 2. The standard InChI is InChI=1S/C16H21Cl2NO2/c17-11-7-12-14(5-6-21-16(12)13(18)8-11)19-9-10-3-1-2-4-15(10)20/h7-8,10,14-15,19-20H,1-6,9H2. The molecule has 1 aliphatic carbocycles. The van der Waals surface area contributed by atoms with E-state index >= 15 is 0 Å². The van der Waals surface area contributed by atoms with Gasteiger partial charge >= 0.3 is 0 Å². The van der Waals surface area contributed by atoms with Crippen LogP contribution in [0, 0.1) is 5.92 Å². The van der Waals surface area contributed by atoms with E-state index in [4.69, 9.17) is 27.9 Å². The Morgan fingerprint density at radius 1 is 1.19 bits per heavy atom. The molecule has 2 aliphatic rings. The lowest BCUT2D eigenvalue weighted by Gasteiger charge is -2.32. The van der Waals surface area contributed by atoms with Gasteiger partial charge in [0.2, 0.25) is 0 Å². The predicted octanol–water partition coefficient (Wildman–Crippen LogP) is 3.96. The van der Waals surface area contributed by atoms with Gasteiger partial charge in [-0.1, -0.05) is 36.0 Å². The molecule has 1 heterocycles. The average molecular weight is 330 g/mol. The third-order valence-electron chi connectivity index (χ3n) is 4.56. The van der Waals surface area contributed by atoms with Gasteiger partial charge in [0.05, 0.1) is 17.7 Å². The first-order valence-electron chi connectivity index (χ1n) is 7.68. The second-order valence-corrected chi connectivity index (χ2v) is 6.86. The van der Waals surface area contributed by atoms with Gasteiger partial charge in [0.1, 0.15) is 5.75 Å². The Kier molecular flexibility index (Phi) is 4.95. The molecule has 1 aliphatic heterocycles. The van der Waals surface area contributed by atoms with Gasteiger partial charge in [-0.3, -0.25) is 0 Å². The van der Waals surface area contributed by atoms with Crippen LogP contribution in [0.2, 0.25) is 10.0 Å². The summed E-state index contributed by atoms with van der Waals surface area (Å²) < 4.78 is 5.67. The molecule has 0 radical (unpaired) electrons. The van der Waals surface area contributed by atoms with Crippen molar-refractivity contribution in [1.82, 2.24) is 5.32 Å². The Morgan fingerprint density at radius 2 is 2.00 bits per heavy atom. The van der Waals surface area contributed by atoms with Crippen molar-refractivity contribution >= 4 is 23.2 Å². The topological polar surface area (TPSA) is 41.5 Å². The highest BCUT2D eigenvalue weighted by Gasteiger charge is 2.27. The molecule has 21 heavy (non-hydrogen) atoms. The lowest BCUT2D eigenvalue weighted by molar-refractivity contribution is 0.0670. The van der Waals surface area contributed by atoms with Gasteiger partial charge in [-0.15, -0.1) is 0 Å². The van der Waals surface area contributed by atoms with Crippen LogP contribution in [0.3, 0.4) is 0 Å². The van der Waals surface area contributed by atoms with E-state index in [1.165, 1.54) is 6.42 Å². The van der Waals surface area contributed by atoms with Gasteiger partial charge in [-0.05, 0) is 30.9 Å². The Balaban J connectivity index is 1.70. The minimum Gasteiger partial charge on any atom is -0.492 e. The number of nitrogens with one attached hydrogen (secondary N) is 1. The number of aliphatic hydroxyl groups excluding tert-OH is 1. The highest BCUT2D eigenvalue weighted by molar-refractivity contribution is 6.35. The normalized spacial score (nSPS) is 28.8. The fourth-order valence-corrected chi connectivity index (χ4v) is 3.92. The van der Waals surface area contributed by atoms with Crippen LogP contribution in [-0.4, -0.2) is 24.4 Å². The monoisotopic (exact) mass is 329 g/mol. The molecule has 5 heteroatoms. The quantitative estimate of drug-likeness (QED) is 0.881. The van der Waals surface area contributed by atoms with Gasteiger partial charge in [-0.2, -0.15) is 0 Å². The lowest BCUT2D eigenvalue weighted by atomic mass is 9.86. The summed E-state index contributed by atoms with van der Waals surface area (Å²) in [5.74, 6) is 1.09. The van der Waals surface area contributed by atoms with Crippen molar-refractivity contribution in [2.45, 2.75) is 44.2 Å².